The highest BCUT2D eigenvalue weighted by Crippen LogP contribution is 2.39. The number of nitrogens with zero attached hydrogens (tertiary/aromatic N) is 2. The van der Waals surface area contributed by atoms with Crippen LogP contribution < -0.4 is 0 Å². The van der Waals surface area contributed by atoms with E-state index in [1.807, 2.05) is 0 Å². The SMILES string of the molecule is CC(C)(C)OC(=O)N1CCC[C@H]1C(=O)OCC(=O)c1ccc(-c2ccc(C(=O)COC(=O)[C@@H]3CCCN3C(=O)OC(C)(C)C)c(O)c2O)cc1. The third-order valence-electron chi connectivity index (χ3n) is 7.97. The highest BCUT2D eigenvalue weighted by atomic mass is 16.6. The Morgan fingerprint density at radius 1 is 0.660 bits per heavy atom. The summed E-state index contributed by atoms with van der Waals surface area (Å²) in [6.07, 6.45) is 0.606. The van der Waals surface area contributed by atoms with Crippen molar-refractivity contribution < 1.29 is 57.9 Å². The van der Waals surface area contributed by atoms with Crippen molar-refractivity contribution in [2.75, 3.05) is 26.3 Å². The zero-order valence-electron chi connectivity index (χ0n) is 29.1. The van der Waals surface area contributed by atoms with Crippen LogP contribution in [0.5, 0.6) is 11.5 Å². The number of ether oxygens (including phenoxy) is 4. The molecule has 2 amide bonds. The van der Waals surface area contributed by atoms with E-state index in [-0.39, 0.29) is 16.7 Å². The van der Waals surface area contributed by atoms with Gasteiger partial charge in [-0.1, -0.05) is 24.3 Å². The highest BCUT2D eigenvalue weighted by molar-refractivity contribution is 6.02. The fourth-order valence-electron chi connectivity index (χ4n) is 5.60. The lowest BCUT2D eigenvalue weighted by atomic mass is 9.98. The quantitative estimate of drug-likeness (QED) is 0.155. The van der Waals surface area contributed by atoms with Crippen molar-refractivity contribution in [1.82, 2.24) is 9.80 Å². The second-order valence-electron chi connectivity index (χ2n) is 14.2. The predicted octanol–water partition coefficient (Wildman–Crippen LogP) is 5.02. The van der Waals surface area contributed by atoms with E-state index in [9.17, 15) is 39.0 Å². The summed E-state index contributed by atoms with van der Waals surface area (Å²) < 4.78 is 21.1. The first-order valence-electron chi connectivity index (χ1n) is 16.4. The molecule has 2 aliphatic heterocycles. The monoisotopic (exact) mass is 696 g/mol. The summed E-state index contributed by atoms with van der Waals surface area (Å²) in [5.74, 6) is -4.09. The Hall–Kier alpha value is -5.14. The number of Topliss-reactive ketones (excluding diaryl/α,β-unsaturated/α-hetero) is 2. The first-order valence-corrected chi connectivity index (χ1v) is 16.4. The summed E-state index contributed by atoms with van der Waals surface area (Å²) in [4.78, 5) is 78.6. The number of hydrogen-bond donors (Lipinski definition) is 2. The molecule has 14 heteroatoms. The summed E-state index contributed by atoms with van der Waals surface area (Å²) in [6, 6.07) is 6.81. The minimum absolute atomic E-state index is 0.156. The van der Waals surface area contributed by atoms with E-state index in [0.29, 0.717) is 44.3 Å². The van der Waals surface area contributed by atoms with Crippen molar-refractivity contribution in [3.05, 3.63) is 47.5 Å². The zero-order chi connectivity index (χ0) is 37.0. The maximum Gasteiger partial charge on any atom is 0.411 e. The maximum atomic E-state index is 12.9. The standard InChI is InChI=1S/C36H44N2O12/c1-35(2,3)49-33(45)37-17-7-9-25(37)31(43)47-19-27(39)22-13-11-21(12-14-22)23-15-16-24(30(42)29(23)41)28(40)20-48-32(44)26-10-8-18-38(26)34(46)50-36(4,5)6/h11-16,25-26,41-42H,7-10,17-20H2,1-6H3/t25-,26-/m0/s1. The van der Waals surface area contributed by atoms with Gasteiger partial charge in [0.15, 0.2) is 30.5 Å². The number of benzene rings is 2. The van der Waals surface area contributed by atoms with E-state index in [1.54, 1.807) is 41.5 Å². The Kier molecular flexibility index (Phi) is 11.4. The lowest BCUT2D eigenvalue weighted by molar-refractivity contribution is -0.148. The number of carbonyl (C=O) groups excluding carboxylic acids is 6. The van der Waals surface area contributed by atoms with Crippen molar-refractivity contribution in [3.63, 3.8) is 0 Å². The molecule has 2 fully saturated rings. The molecule has 14 nitrogen and oxygen atoms in total. The molecule has 2 aromatic carbocycles. The molecule has 50 heavy (non-hydrogen) atoms. The van der Waals surface area contributed by atoms with Crippen LogP contribution in [-0.2, 0) is 28.5 Å². The molecule has 0 spiro atoms. The van der Waals surface area contributed by atoms with Gasteiger partial charge in [0.05, 0.1) is 5.56 Å². The van der Waals surface area contributed by atoms with E-state index in [4.69, 9.17) is 18.9 Å². The normalized spacial score (nSPS) is 17.6. The van der Waals surface area contributed by atoms with E-state index >= 15 is 0 Å². The number of aromatic hydroxyl groups is 2. The molecule has 2 saturated heterocycles. The molecule has 0 aliphatic carbocycles. The Bertz CT molecular complexity index is 1640. The number of likely N-dealkylation sites (tertiary alicyclic amines) is 2. The fourth-order valence-corrected chi connectivity index (χ4v) is 5.60. The molecule has 0 radical (unpaired) electrons. The van der Waals surface area contributed by atoms with Gasteiger partial charge in [-0.3, -0.25) is 19.4 Å². The van der Waals surface area contributed by atoms with Crippen LogP contribution in [0.1, 0.15) is 87.9 Å². The number of phenolic OH excluding ortho intramolecular Hbond substituents is 2. The number of amides is 2. The van der Waals surface area contributed by atoms with Gasteiger partial charge in [-0.05, 0) is 84.9 Å². The van der Waals surface area contributed by atoms with Crippen LogP contribution in [-0.4, -0.2) is 105 Å². The average Bonchev–Trinajstić information content (AvgIpc) is 3.73. The van der Waals surface area contributed by atoms with E-state index < -0.39 is 83.7 Å². The number of carbonyl (C=O) groups is 6. The molecule has 2 aromatic rings. The van der Waals surface area contributed by atoms with Gasteiger partial charge in [0.1, 0.15) is 23.3 Å². The molecule has 0 unspecified atom stereocenters. The van der Waals surface area contributed by atoms with Crippen molar-refractivity contribution in [2.24, 2.45) is 0 Å². The lowest BCUT2D eigenvalue weighted by Gasteiger charge is -2.27. The molecule has 270 valence electrons. The summed E-state index contributed by atoms with van der Waals surface area (Å²) in [7, 11) is 0. The average molecular weight is 697 g/mol. The van der Waals surface area contributed by atoms with Crippen molar-refractivity contribution >= 4 is 35.7 Å². The molecule has 0 aromatic heterocycles. The second kappa shape index (κ2) is 15.2. The topological polar surface area (TPSA) is 186 Å². The van der Waals surface area contributed by atoms with E-state index in [0.717, 1.165) is 0 Å². The van der Waals surface area contributed by atoms with E-state index in [2.05, 4.69) is 0 Å². The van der Waals surface area contributed by atoms with Crippen LogP contribution in [0.25, 0.3) is 11.1 Å². The summed E-state index contributed by atoms with van der Waals surface area (Å²) in [6.45, 7) is 9.66. The fraction of sp³-hybridized carbons (Fsp3) is 0.500. The van der Waals surface area contributed by atoms with Crippen molar-refractivity contribution in [1.29, 1.82) is 0 Å². The van der Waals surface area contributed by atoms with Crippen LogP contribution in [0.2, 0.25) is 0 Å². The molecule has 2 aliphatic rings. The highest BCUT2D eigenvalue weighted by Gasteiger charge is 2.39. The minimum Gasteiger partial charge on any atom is -0.504 e. The molecule has 2 atom stereocenters. The molecule has 2 heterocycles. The molecule has 0 saturated carbocycles. The molecule has 2 N–H and O–H groups in total. The number of ketones is 2. The third kappa shape index (κ3) is 9.30. The Balaban J connectivity index is 1.33. The Labute approximate surface area is 290 Å². The minimum atomic E-state index is -0.911. The van der Waals surface area contributed by atoms with Crippen LogP contribution in [0, 0.1) is 0 Å². The number of esters is 2. The Morgan fingerprint density at radius 3 is 1.58 bits per heavy atom. The molecule has 4 rings (SSSR count). The summed E-state index contributed by atoms with van der Waals surface area (Å²) in [5, 5.41) is 21.4. The summed E-state index contributed by atoms with van der Waals surface area (Å²) in [5.41, 5.74) is -0.997. The maximum absolute atomic E-state index is 12.9. The number of rotatable bonds is 9. The summed E-state index contributed by atoms with van der Waals surface area (Å²) >= 11 is 0. The first-order chi connectivity index (χ1) is 23.4. The van der Waals surface area contributed by atoms with E-state index in [1.165, 1.54) is 46.2 Å². The van der Waals surface area contributed by atoms with Gasteiger partial charge in [0, 0.05) is 24.2 Å². The van der Waals surface area contributed by atoms with Gasteiger partial charge in [0.2, 0.25) is 5.78 Å². The van der Waals surface area contributed by atoms with Gasteiger partial charge in [-0.25, -0.2) is 19.2 Å². The molecular formula is C36H44N2O12. The van der Waals surface area contributed by atoms with Crippen molar-refractivity contribution in [3.8, 4) is 22.6 Å². The smallest absolute Gasteiger partial charge is 0.411 e. The predicted molar refractivity (Wildman–Crippen MR) is 178 cm³/mol. The third-order valence-corrected chi connectivity index (χ3v) is 7.97. The van der Waals surface area contributed by atoms with Gasteiger partial charge in [0.25, 0.3) is 0 Å². The van der Waals surface area contributed by atoms with Gasteiger partial charge in [-0.15, -0.1) is 0 Å². The lowest BCUT2D eigenvalue weighted by Crippen LogP contribution is -2.44. The molecular weight excluding hydrogens is 652 g/mol. The van der Waals surface area contributed by atoms with Crippen LogP contribution >= 0.6 is 0 Å². The zero-order valence-corrected chi connectivity index (χ0v) is 29.1. The Morgan fingerprint density at radius 2 is 1.12 bits per heavy atom. The second-order valence-corrected chi connectivity index (χ2v) is 14.2. The van der Waals surface area contributed by atoms with Crippen LogP contribution in [0.3, 0.4) is 0 Å². The molecule has 0 bridgehead atoms. The van der Waals surface area contributed by atoms with Crippen molar-refractivity contribution in [2.45, 2.75) is 90.5 Å². The van der Waals surface area contributed by atoms with Gasteiger partial charge < -0.3 is 29.2 Å². The first kappa shape index (κ1) is 37.7. The number of hydrogen-bond acceptors (Lipinski definition) is 12. The van der Waals surface area contributed by atoms with Gasteiger partial charge >= 0.3 is 24.1 Å². The largest absolute Gasteiger partial charge is 0.504 e. The number of phenols is 2. The van der Waals surface area contributed by atoms with Crippen LogP contribution in [0.4, 0.5) is 9.59 Å². The van der Waals surface area contributed by atoms with Gasteiger partial charge in [-0.2, -0.15) is 0 Å². The van der Waals surface area contributed by atoms with Crippen LogP contribution in [0.15, 0.2) is 36.4 Å².